The van der Waals surface area contributed by atoms with Gasteiger partial charge in [0.2, 0.25) is 0 Å². The molecule has 7 heteroatoms. The molecule has 0 bridgehead atoms. The van der Waals surface area contributed by atoms with Crippen molar-refractivity contribution in [1.82, 2.24) is 5.32 Å². The van der Waals surface area contributed by atoms with Crippen LogP contribution in [0.2, 0.25) is 0 Å². The maximum Gasteiger partial charge on any atom is 0.169 e. The van der Waals surface area contributed by atoms with E-state index in [9.17, 15) is 8.42 Å². The Morgan fingerprint density at radius 2 is 2.25 bits per heavy atom. The van der Waals surface area contributed by atoms with E-state index in [4.69, 9.17) is 0 Å². The van der Waals surface area contributed by atoms with Crippen molar-refractivity contribution >= 4 is 43.2 Å². The smallest absolute Gasteiger partial charge is 0.169 e. The van der Waals surface area contributed by atoms with Gasteiger partial charge in [0.15, 0.2) is 9.84 Å². The first-order valence-corrected chi connectivity index (χ1v) is 10.3. The molecule has 2 rings (SSSR count). The molecule has 1 saturated heterocycles. The second-order valence-electron chi connectivity index (χ2n) is 4.86. The molecule has 0 aliphatic carbocycles. The van der Waals surface area contributed by atoms with Gasteiger partial charge in [-0.05, 0) is 24.7 Å². The monoisotopic (exact) mass is 378 g/mol. The van der Waals surface area contributed by atoms with Crippen LogP contribution in [0.3, 0.4) is 0 Å². The van der Waals surface area contributed by atoms with Gasteiger partial charge < -0.3 is 10.2 Å². The van der Waals surface area contributed by atoms with Gasteiger partial charge in [0.05, 0.1) is 0 Å². The van der Waals surface area contributed by atoms with Crippen molar-refractivity contribution in [3.8, 4) is 0 Å². The summed E-state index contributed by atoms with van der Waals surface area (Å²) in [5, 5.41) is 2.70. The molecule has 1 fully saturated rings. The predicted octanol–water partition coefficient (Wildman–Crippen LogP) is 2.09. The summed E-state index contributed by atoms with van der Waals surface area (Å²) in [6.07, 6.45) is 1.33. The standard InChI is InChI=1S/C13H19BrN2O2S2/c1-15-8-10-3-4-11(14)7-12(10)16-5-6-19-9-13(16)20(2,17)18/h3-4,7,13,15H,5-6,8-9H2,1-2H3. The summed E-state index contributed by atoms with van der Waals surface area (Å²) in [7, 11) is -1.20. The lowest BCUT2D eigenvalue weighted by molar-refractivity contribution is 0.584. The quantitative estimate of drug-likeness (QED) is 0.868. The highest BCUT2D eigenvalue weighted by Gasteiger charge is 2.32. The second kappa shape index (κ2) is 6.68. The summed E-state index contributed by atoms with van der Waals surface area (Å²) in [5.41, 5.74) is 2.13. The number of halogens is 1. The molecule has 1 unspecified atom stereocenters. The van der Waals surface area contributed by atoms with Crippen molar-refractivity contribution in [2.75, 3.05) is 36.3 Å². The SMILES string of the molecule is CNCc1ccc(Br)cc1N1CCSCC1S(C)(=O)=O. The van der Waals surface area contributed by atoms with Gasteiger partial charge in [-0.1, -0.05) is 22.0 Å². The summed E-state index contributed by atoms with van der Waals surface area (Å²) in [6.45, 7) is 1.48. The van der Waals surface area contributed by atoms with Crippen LogP contribution in [0.5, 0.6) is 0 Å². The zero-order chi connectivity index (χ0) is 14.8. The van der Waals surface area contributed by atoms with Crippen LogP contribution in [-0.4, -0.2) is 45.1 Å². The normalized spacial score (nSPS) is 20.1. The highest BCUT2D eigenvalue weighted by Crippen LogP contribution is 2.31. The molecular formula is C13H19BrN2O2S2. The lowest BCUT2D eigenvalue weighted by Crippen LogP contribution is -2.47. The van der Waals surface area contributed by atoms with Gasteiger partial charge >= 0.3 is 0 Å². The van der Waals surface area contributed by atoms with E-state index in [1.165, 1.54) is 6.26 Å². The van der Waals surface area contributed by atoms with Crippen LogP contribution in [0.1, 0.15) is 5.56 Å². The van der Waals surface area contributed by atoms with E-state index in [-0.39, 0.29) is 0 Å². The van der Waals surface area contributed by atoms with Crippen molar-refractivity contribution in [2.45, 2.75) is 11.9 Å². The molecule has 4 nitrogen and oxygen atoms in total. The Bertz CT molecular complexity index is 578. The third-order valence-corrected chi connectivity index (χ3v) is 6.44. The molecule has 1 aliphatic heterocycles. The van der Waals surface area contributed by atoms with Crippen molar-refractivity contribution in [1.29, 1.82) is 0 Å². The number of nitrogens with one attached hydrogen (secondary N) is 1. The molecule has 1 N–H and O–H groups in total. The Morgan fingerprint density at radius 1 is 1.50 bits per heavy atom. The lowest BCUT2D eigenvalue weighted by Gasteiger charge is -2.37. The maximum absolute atomic E-state index is 12.0. The van der Waals surface area contributed by atoms with E-state index in [1.807, 2.05) is 30.1 Å². The number of thioether (sulfide) groups is 1. The lowest BCUT2D eigenvalue weighted by atomic mass is 10.1. The Morgan fingerprint density at radius 3 is 2.90 bits per heavy atom. The van der Waals surface area contributed by atoms with Crippen LogP contribution in [0.15, 0.2) is 22.7 Å². The van der Waals surface area contributed by atoms with E-state index in [1.54, 1.807) is 11.8 Å². The minimum Gasteiger partial charge on any atom is -0.353 e. The van der Waals surface area contributed by atoms with E-state index < -0.39 is 15.2 Å². The van der Waals surface area contributed by atoms with Crippen LogP contribution in [0.25, 0.3) is 0 Å². The van der Waals surface area contributed by atoms with Crippen LogP contribution in [0, 0.1) is 0 Å². The largest absolute Gasteiger partial charge is 0.353 e. The highest BCUT2D eigenvalue weighted by atomic mass is 79.9. The Balaban J connectivity index is 2.44. The van der Waals surface area contributed by atoms with Crippen molar-refractivity contribution in [2.24, 2.45) is 0 Å². The van der Waals surface area contributed by atoms with Gasteiger partial charge in [-0.3, -0.25) is 0 Å². The molecule has 20 heavy (non-hydrogen) atoms. The van der Waals surface area contributed by atoms with Crippen LogP contribution in [-0.2, 0) is 16.4 Å². The highest BCUT2D eigenvalue weighted by molar-refractivity contribution is 9.10. The molecule has 0 amide bonds. The number of sulfone groups is 1. The molecule has 0 aromatic heterocycles. The Labute approximate surface area is 133 Å². The minimum atomic E-state index is -3.10. The van der Waals surface area contributed by atoms with E-state index >= 15 is 0 Å². The minimum absolute atomic E-state index is 0.439. The summed E-state index contributed by atoms with van der Waals surface area (Å²) in [4.78, 5) is 2.03. The molecule has 0 saturated carbocycles. The molecule has 1 aromatic rings. The number of rotatable bonds is 4. The van der Waals surface area contributed by atoms with Gasteiger partial charge in [-0.25, -0.2) is 8.42 Å². The van der Waals surface area contributed by atoms with Gasteiger partial charge in [0, 0.05) is 41.0 Å². The fourth-order valence-corrected chi connectivity index (χ4v) is 5.54. The summed E-state index contributed by atoms with van der Waals surface area (Å²) < 4.78 is 25.1. The summed E-state index contributed by atoms with van der Waals surface area (Å²) in [6, 6.07) is 6.04. The molecule has 1 aliphatic rings. The Hall–Kier alpha value is -0.240. The van der Waals surface area contributed by atoms with Crippen LogP contribution in [0.4, 0.5) is 5.69 Å². The first kappa shape index (κ1) is 16.1. The molecule has 1 heterocycles. The van der Waals surface area contributed by atoms with E-state index in [0.717, 1.165) is 34.6 Å². The third kappa shape index (κ3) is 3.69. The zero-order valence-corrected chi connectivity index (χ0v) is 14.8. The number of anilines is 1. The molecule has 1 atom stereocenters. The number of benzene rings is 1. The fourth-order valence-electron chi connectivity index (χ4n) is 2.36. The van der Waals surface area contributed by atoms with Gasteiger partial charge in [0.25, 0.3) is 0 Å². The van der Waals surface area contributed by atoms with Crippen molar-refractivity contribution < 1.29 is 8.42 Å². The number of hydrogen-bond acceptors (Lipinski definition) is 5. The van der Waals surface area contributed by atoms with Gasteiger partial charge in [-0.2, -0.15) is 11.8 Å². The molecule has 1 aromatic carbocycles. The third-order valence-electron chi connectivity index (χ3n) is 3.30. The first-order valence-electron chi connectivity index (χ1n) is 6.40. The molecular weight excluding hydrogens is 360 g/mol. The number of nitrogens with zero attached hydrogens (tertiary/aromatic N) is 1. The van der Waals surface area contributed by atoms with Crippen LogP contribution >= 0.6 is 27.7 Å². The molecule has 112 valence electrons. The van der Waals surface area contributed by atoms with E-state index in [0.29, 0.717) is 5.75 Å². The topological polar surface area (TPSA) is 49.4 Å². The first-order chi connectivity index (χ1) is 9.43. The van der Waals surface area contributed by atoms with Crippen molar-refractivity contribution in [3.63, 3.8) is 0 Å². The average molecular weight is 379 g/mol. The summed E-state index contributed by atoms with van der Waals surface area (Å²) in [5.74, 6) is 1.59. The fraction of sp³-hybridized carbons (Fsp3) is 0.538. The summed E-state index contributed by atoms with van der Waals surface area (Å²) >= 11 is 5.19. The molecule has 0 radical (unpaired) electrons. The van der Waals surface area contributed by atoms with Gasteiger partial charge in [-0.15, -0.1) is 0 Å². The molecule has 0 spiro atoms. The zero-order valence-electron chi connectivity index (χ0n) is 11.6. The average Bonchev–Trinajstić information content (AvgIpc) is 2.40. The second-order valence-corrected chi connectivity index (χ2v) is 9.12. The van der Waals surface area contributed by atoms with Gasteiger partial charge in [0.1, 0.15) is 5.37 Å². The van der Waals surface area contributed by atoms with E-state index in [2.05, 4.69) is 21.2 Å². The van der Waals surface area contributed by atoms with Crippen molar-refractivity contribution in [3.05, 3.63) is 28.2 Å². The predicted molar refractivity (Wildman–Crippen MR) is 90.2 cm³/mol. The maximum atomic E-state index is 12.0. The number of hydrogen-bond donors (Lipinski definition) is 1. The Kier molecular flexibility index (Phi) is 5.39. The van der Waals surface area contributed by atoms with Crippen LogP contribution < -0.4 is 10.2 Å².